The van der Waals surface area contributed by atoms with Crippen LogP contribution in [0.5, 0.6) is 0 Å². The maximum absolute atomic E-state index is 13.3. The monoisotopic (exact) mass is 469 g/mol. The molecule has 1 saturated carbocycles. The van der Waals surface area contributed by atoms with Crippen molar-refractivity contribution < 1.29 is 19.2 Å². The summed E-state index contributed by atoms with van der Waals surface area (Å²) in [4.78, 5) is 56.6. The quantitative estimate of drug-likeness (QED) is 0.533. The van der Waals surface area contributed by atoms with Gasteiger partial charge in [-0.05, 0) is 68.1 Å². The van der Waals surface area contributed by atoms with E-state index in [0.29, 0.717) is 13.0 Å². The molecule has 178 valence electrons. The fraction of sp³-hybridized carbons (Fsp3) is 0.321. The van der Waals surface area contributed by atoms with Gasteiger partial charge in [0, 0.05) is 42.8 Å². The van der Waals surface area contributed by atoms with Gasteiger partial charge in [0.05, 0.1) is 0 Å². The van der Waals surface area contributed by atoms with Crippen LogP contribution in [0.3, 0.4) is 0 Å². The number of nitrogens with one attached hydrogen (secondary N) is 1. The molecule has 0 saturated heterocycles. The minimum Gasteiger partial charge on any atom is -0.301 e. The lowest BCUT2D eigenvalue weighted by Crippen LogP contribution is -2.46. The average Bonchev–Trinajstić information content (AvgIpc) is 2.81. The van der Waals surface area contributed by atoms with Crippen molar-refractivity contribution in [3.05, 3.63) is 76.8 Å². The summed E-state index contributed by atoms with van der Waals surface area (Å²) in [5.74, 6) is 4.35. The first kappa shape index (κ1) is 24.1. The molecule has 0 radical (unpaired) electrons. The highest BCUT2D eigenvalue weighted by Gasteiger charge is 2.46. The zero-order valence-corrected chi connectivity index (χ0v) is 20.1. The molecular weight excluding hydrogens is 442 g/mol. The van der Waals surface area contributed by atoms with Crippen molar-refractivity contribution in [3.8, 4) is 11.8 Å². The molecule has 2 aliphatic rings. The summed E-state index contributed by atoms with van der Waals surface area (Å²) in [6, 6.07) is 8.15. The van der Waals surface area contributed by atoms with Crippen LogP contribution in [0.2, 0.25) is 0 Å². The lowest BCUT2D eigenvalue weighted by Gasteiger charge is -2.40. The molecule has 0 atom stereocenters. The number of carbonyl (C=O) groups excluding carboxylic acids is 4. The zero-order valence-electron chi connectivity index (χ0n) is 20.1. The number of pyridine rings is 1. The number of benzene rings is 1. The Morgan fingerprint density at radius 3 is 2.34 bits per heavy atom. The van der Waals surface area contributed by atoms with Crippen LogP contribution in [0.1, 0.15) is 64.8 Å². The minimum absolute atomic E-state index is 0.102. The van der Waals surface area contributed by atoms with Gasteiger partial charge in [-0.15, -0.1) is 5.92 Å². The number of carbonyl (C=O) groups is 4. The van der Waals surface area contributed by atoms with Crippen LogP contribution in [0, 0.1) is 31.1 Å². The van der Waals surface area contributed by atoms with E-state index in [1.54, 1.807) is 31.3 Å². The van der Waals surface area contributed by atoms with E-state index in [9.17, 15) is 19.2 Å². The van der Waals surface area contributed by atoms with Gasteiger partial charge >= 0.3 is 6.03 Å². The topological polar surface area (TPSA) is 96.4 Å². The Labute approximate surface area is 204 Å². The molecule has 7 heteroatoms. The molecule has 2 aromatic rings. The first-order valence-corrected chi connectivity index (χ1v) is 11.5. The molecule has 4 rings (SSSR count). The average molecular weight is 470 g/mol. The number of Topliss-reactive ketones (excluding diaryl/α,β-unsaturated/α-hetero) is 2. The minimum atomic E-state index is -0.769. The van der Waals surface area contributed by atoms with Gasteiger partial charge in [-0.1, -0.05) is 18.1 Å². The third kappa shape index (κ3) is 4.92. The smallest absolute Gasteiger partial charge is 0.301 e. The number of aryl methyl sites for hydroxylation is 2. The van der Waals surface area contributed by atoms with Crippen molar-refractivity contribution in [1.82, 2.24) is 15.2 Å². The summed E-state index contributed by atoms with van der Waals surface area (Å²) in [7, 11) is 0. The van der Waals surface area contributed by atoms with Gasteiger partial charge in [-0.3, -0.25) is 24.7 Å². The number of urea groups is 1. The van der Waals surface area contributed by atoms with Crippen molar-refractivity contribution >= 4 is 23.5 Å². The summed E-state index contributed by atoms with van der Waals surface area (Å²) in [6.45, 7) is 5.90. The van der Waals surface area contributed by atoms with E-state index in [1.165, 1.54) is 17.2 Å². The lowest BCUT2D eigenvalue weighted by atomic mass is 9.64. The van der Waals surface area contributed by atoms with E-state index < -0.39 is 23.3 Å². The summed E-state index contributed by atoms with van der Waals surface area (Å²) >= 11 is 0. The predicted molar refractivity (Wildman–Crippen MR) is 130 cm³/mol. The zero-order chi connectivity index (χ0) is 25.2. The molecule has 2 heterocycles. The molecule has 0 unspecified atom stereocenters. The highest BCUT2D eigenvalue weighted by molar-refractivity contribution is 6.11. The molecule has 1 aliphatic carbocycles. The molecular formula is C28H27N3O4. The van der Waals surface area contributed by atoms with Crippen LogP contribution in [-0.4, -0.2) is 39.9 Å². The second-order valence-electron chi connectivity index (χ2n) is 9.21. The number of rotatable bonds is 2. The van der Waals surface area contributed by atoms with Crippen LogP contribution in [0.15, 0.2) is 48.8 Å². The number of nitrogens with zero attached hydrogens (tertiary/aromatic N) is 2. The molecule has 0 bridgehead atoms. The normalized spacial score (nSPS) is 21.5. The highest BCUT2D eigenvalue weighted by Crippen LogP contribution is 2.45. The Hall–Kier alpha value is -4.05. The van der Waals surface area contributed by atoms with Gasteiger partial charge in [0.1, 0.15) is 23.2 Å². The molecule has 1 spiro atoms. The maximum atomic E-state index is 13.3. The molecule has 1 aromatic carbocycles. The van der Waals surface area contributed by atoms with Gasteiger partial charge in [-0.25, -0.2) is 4.79 Å². The number of hydrogen-bond acceptors (Lipinski definition) is 5. The van der Waals surface area contributed by atoms with Gasteiger partial charge in [0.15, 0.2) is 0 Å². The van der Waals surface area contributed by atoms with Gasteiger partial charge < -0.3 is 4.90 Å². The van der Waals surface area contributed by atoms with E-state index in [1.807, 2.05) is 26.0 Å². The van der Waals surface area contributed by atoms with Crippen molar-refractivity contribution in [2.75, 3.05) is 6.54 Å². The number of imide groups is 1. The fourth-order valence-electron chi connectivity index (χ4n) is 5.05. The van der Waals surface area contributed by atoms with Crippen molar-refractivity contribution in [3.63, 3.8) is 0 Å². The van der Waals surface area contributed by atoms with E-state index >= 15 is 0 Å². The van der Waals surface area contributed by atoms with E-state index in [0.717, 1.165) is 22.3 Å². The van der Waals surface area contributed by atoms with Crippen molar-refractivity contribution in [1.29, 1.82) is 0 Å². The van der Waals surface area contributed by atoms with Crippen molar-refractivity contribution in [2.45, 2.75) is 46.0 Å². The van der Waals surface area contributed by atoms with Crippen LogP contribution in [0.25, 0.3) is 0 Å². The summed E-state index contributed by atoms with van der Waals surface area (Å²) in [6.07, 6.45) is 5.75. The molecule has 7 nitrogen and oxygen atoms in total. The Morgan fingerprint density at radius 1 is 1.11 bits per heavy atom. The summed E-state index contributed by atoms with van der Waals surface area (Å²) in [5, 5.41) is 2.32. The summed E-state index contributed by atoms with van der Waals surface area (Å²) < 4.78 is 0. The fourth-order valence-corrected chi connectivity index (χ4v) is 5.05. The Balaban J connectivity index is 1.47. The molecule has 1 aliphatic heterocycles. The lowest BCUT2D eigenvalue weighted by molar-refractivity contribution is -0.135. The standard InChI is InChI=1S/C28H27N3O4/c1-4-7-20-14-18(2)24(19(3)15-20)25-22(32)16-28(17-23(25)33)9-12-31(13-10-28)27(35)30-26(34)21-8-5-6-11-29-21/h5-6,8-9,11-12,14-15,25H,10,13,16-17H2,1-3H3,(H,30,34,35). The Morgan fingerprint density at radius 2 is 1.80 bits per heavy atom. The summed E-state index contributed by atoms with van der Waals surface area (Å²) in [5.41, 5.74) is 2.98. The highest BCUT2D eigenvalue weighted by atomic mass is 16.2. The van der Waals surface area contributed by atoms with E-state index in [4.69, 9.17) is 0 Å². The van der Waals surface area contributed by atoms with Crippen molar-refractivity contribution in [2.24, 2.45) is 5.41 Å². The van der Waals surface area contributed by atoms with Crippen LogP contribution < -0.4 is 5.32 Å². The molecule has 1 fully saturated rings. The second-order valence-corrected chi connectivity index (χ2v) is 9.21. The Bertz CT molecular complexity index is 1260. The van der Waals surface area contributed by atoms with E-state index in [2.05, 4.69) is 22.1 Å². The SMILES string of the molecule is CC#Cc1cc(C)c(C2C(=O)CC3(C=CN(C(=O)NC(=O)c4ccccn4)CC3)CC2=O)c(C)c1. The first-order chi connectivity index (χ1) is 16.7. The Kier molecular flexibility index (Phi) is 6.65. The molecule has 3 amide bonds. The third-order valence-electron chi connectivity index (χ3n) is 6.69. The van der Waals surface area contributed by atoms with Crippen LogP contribution in [0.4, 0.5) is 4.79 Å². The third-order valence-corrected chi connectivity index (χ3v) is 6.69. The molecule has 1 N–H and O–H groups in total. The number of aromatic nitrogens is 1. The number of amides is 3. The number of hydrogen-bond donors (Lipinski definition) is 1. The van der Waals surface area contributed by atoms with E-state index in [-0.39, 0.29) is 30.1 Å². The predicted octanol–water partition coefficient (Wildman–Crippen LogP) is 3.84. The molecule has 35 heavy (non-hydrogen) atoms. The largest absolute Gasteiger partial charge is 0.328 e. The second kappa shape index (κ2) is 9.67. The number of ketones is 2. The number of allylic oxidation sites excluding steroid dienone is 1. The van der Waals surface area contributed by atoms with Gasteiger partial charge in [0.25, 0.3) is 5.91 Å². The maximum Gasteiger partial charge on any atom is 0.328 e. The van der Waals surface area contributed by atoms with Gasteiger partial charge in [-0.2, -0.15) is 0 Å². The first-order valence-electron chi connectivity index (χ1n) is 11.5. The van der Waals surface area contributed by atoms with Crippen LogP contribution >= 0.6 is 0 Å². The van der Waals surface area contributed by atoms with Crippen LogP contribution in [-0.2, 0) is 9.59 Å². The van der Waals surface area contributed by atoms with Gasteiger partial charge in [0.2, 0.25) is 0 Å². The molecule has 1 aromatic heterocycles.